The van der Waals surface area contributed by atoms with Crippen molar-refractivity contribution in [1.29, 1.82) is 5.26 Å². The first-order valence-electron chi connectivity index (χ1n) is 7.19. The molecule has 1 aromatic heterocycles. The molecule has 6 heteroatoms. The van der Waals surface area contributed by atoms with E-state index in [4.69, 9.17) is 21.6 Å². The molecule has 0 radical (unpaired) electrons. The fraction of sp³-hybridized carbons (Fsp3) is 0.312. The average Bonchev–Trinajstić information content (AvgIpc) is 2.56. The van der Waals surface area contributed by atoms with Gasteiger partial charge in [0.2, 0.25) is 5.82 Å². The fourth-order valence-electron chi connectivity index (χ4n) is 2.42. The molecule has 2 aromatic rings. The van der Waals surface area contributed by atoms with E-state index in [2.05, 4.69) is 15.3 Å². The van der Waals surface area contributed by atoms with Crippen LogP contribution in [0.15, 0.2) is 24.3 Å². The normalized spacial score (nSPS) is 12.9. The second kappa shape index (κ2) is 6.63. The van der Waals surface area contributed by atoms with Crippen LogP contribution in [0.25, 0.3) is 0 Å². The highest BCUT2D eigenvalue weighted by atomic mass is 35.5. The lowest BCUT2D eigenvalue weighted by Crippen LogP contribution is -2.16. The van der Waals surface area contributed by atoms with E-state index in [0.29, 0.717) is 24.7 Å². The smallest absolute Gasteiger partial charge is 0.234 e. The molecule has 1 aliphatic rings. The van der Waals surface area contributed by atoms with Gasteiger partial charge in [0.1, 0.15) is 6.07 Å². The van der Waals surface area contributed by atoms with Crippen LogP contribution in [0.2, 0.25) is 5.02 Å². The standard InChI is InChI=1S/C16H15ClN4O/c17-12-5-2-1-4-11(12)7-8-19-16-15-13(6-3-9-22-15)20-14(10-18)21-16/h1-2,4-5H,3,6-9H2,(H,19,20,21). The quantitative estimate of drug-likeness (QED) is 0.939. The number of benzene rings is 1. The van der Waals surface area contributed by atoms with Crippen molar-refractivity contribution >= 4 is 17.4 Å². The van der Waals surface area contributed by atoms with Crippen molar-refractivity contribution in [1.82, 2.24) is 9.97 Å². The molecule has 0 spiro atoms. The number of nitrogens with zero attached hydrogens (tertiary/aromatic N) is 3. The first-order valence-corrected chi connectivity index (χ1v) is 7.57. The second-order valence-electron chi connectivity index (χ2n) is 5.00. The topological polar surface area (TPSA) is 70.8 Å². The molecule has 22 heavy (non-hydrogen) atoms. The number of aryl methyl sites for hydroxylation is 1. The molecule has 0 saturated carbocycles. The van der Waals surface area contributed by atoms with Crippen molar-refractivity contribution in [2.45, 2.75) is 19.3 Å². The number of nitrogens with one attached hydrogen (secondary N) is 1. The number of rotatable bonds is 4. The maximum absolute atomic E-state index is 9.04. The third-order valence-electron chi connectivity index (χ3n) is 3.48. The van der Waals surface area contributed by atoms with Crippen LogP contribution in [0.1, 0.15) is 23.5 Å². The zero-order valence-corrected chi connectivity index (χ0v) is 12.7. The minimum Gasteiger partial charge on any atom is -0.488 e. The predicted octanol–water partition coefficient (Wildman–Crippen LogP) is 2.98. The molecule has 0 atom stereocenters. The molecular weight excluding hydrogens is 300 g/mol. The Morgan fingerprint density at radius 2 is 2.18 bits per heavy atom. The Hall–Kier alpha value is -2.32. The van der Waals surface area contributed by atoms with Gasteiger partial charge in [0.05, 0.1) is 12.3 Å². The van der Waals surface area contributed by atoms with Crippen LogP contribution in [-0.4, -0.2) is 23.1 Å². The Balaban J connectivity index is 1.75. The van der Waals surface area contributed by atoms with E-state index in [-0.39, 0.29) is 5.82 Å². The van der Waals surface area contributed by atoms with Crippen molar-refractivity contribution in [3.8, 4) is 11.8 Å². The second-order valence-corrected chi connectivity index (χ2v) is 5.41. The minimum absolute atomic E-state index is 0.171. The summed E-state index contributed by atoms with van der Waals surface area (Å²) in [5, 5.41) is 13.0. The minimum atomic E-state index is 0.171. The molecule has 0 unspecified atom stereocenters. The van der Waals surface area contributed by atoms with Crippen LogP contribution >= 0.6 is 11.6 Å². The third-order valence-corrected chi connectivity index (χ3v) is 3.85. The van der Waals surface area contributed by atoms with Gasteiger partial charge in [0.15, 0.2) is 11.6 Å². The molecule has 0 aliphatic carbocycles. The summed E-state index contributed by atoms with van der Waals surface area (Å²) in [6.45, 7) is 1.31. The van der Waals surface area contributed by atoms with Crippen molar-refractivity contribution in [2.24, 2.45) is 0 Å². The predicted molar refractivity (Wildman–Crippen MR) is 84.2 cm³/mol. The molecule has 112 valence electrons. The number of hydrogen-bond acceptors (Lipinski definition) is 5. The van der Waals surface area contributed by atoms with Crippen molar-refractivity contribution in [2.75, 3.05) is 18.5 Å². The van der Waals surface area contributed by atoms with Gasteiger partial charge >= 0.3 is 0 Å². The lowest BCUT2D eigenvalue weighted by Gasteiger charge is -2.19. The lowest BCUT2D eigenvalue weighted by molar-refractivity contribution is 0.285. The van der Waals surface area contributed by atoms with Gasteiger partial charge in [-0.05, 0) is 30.9 Å². The van der Waals surface area contributed by atoms with Crippen LogP contribution in [0.5, 0.6) is 5.75 Å². The van der Waals surface area contributed by atoms with E-state index >= 15 is 0 Å². The zero-order valence-electron chi connectivity index (χ0n) is 12.0. The highest BCUT2D eigenvalue weighted by molar-refractivity contribution is 6.31. The number of fused-ring (bicyclic) bond motifs is 1. The number of aromatic nitrogens is 2. The first-order chi connectivity index (χ1) is 10.8. The van der Waals surface area contributed by atoms with E-state index in [1.807, 2.05) is 30.3 Å². The highest BCUT2D eigenvalue weighted by Crippen LogP contribution is 2.30. The summed E-state index contributed by atoms with van der Waals surface area (Å²) in [5.74, 6) is 1.43. The summed E-state index contributed by atoms with van der Waals surface area (Å²) in [7, 11) is 0. The Kier molecular flexibility index (Phi) is 4.40. The molecule has 0 bridgehead atoms. The number of halogens is 1. The maximum atomic E-state index is 9.04. The van der Waals surface area contributed by atoms with Gasteiger partial charge in [-0.1, -0.05) is 29.8 Å². The summed E-state index contributed by atoms with van der Waals surface area (Å²) in [4.78, 5) is 8.43. The monoisotopic (exact) mass is 314 g/mol. The molecule has 3 rings (SSSR count). The fourth-order valence-corrected chi connectivity index (χ4v) is 2.65. The zero-order chi connectivity index (χ0) is 15.4. The van der Waals surface area contributed by atoms with Crippen LogP contribution in [0.4, 0.5) is 5.82 Å². The Morgan fingerprint density at radius 1 is 1.32 bits per heavy atom. The Morgan fingerprint density at radius 3 is 3.00 bits per heavy atom. The summed E-state index contributed by atoms with van der Waals surface area (Å²) in [6.07, 6.45) is 2.49. The SMILES string of the molecule is N#Cc1nc2c(c(NCCc3ccccc3Cl)n1)OCCC2. The molecule has 5 nitrogen and oxygen atoms in total. The summed E-state index contributed by atoms with van der Waals surface area (Å²) >= 11 is 6.15. The highest BCUT2D eigenvalue weighted by Gasteiger charge is 2.19. The van der Waals surface area contributed by atoms with Crippen molar-refractivity contribution < 1.29 is 4.74 Å². The number of anilines is 1. The molecule has 1 aromatic carbocycles. The number of ether oxygens (including phenoxy) is 1. The van der Waals surface area contributed by atoms with E-state index in [9.17, 15) is 0 Å². The van der Waals surface area contributed by atoms with E-state index in [1.54, 1.807) is 0 Å². The van der Waals surface area contributed by atoms with E-state index in [1.165, 1.54) is 0 Å². The van der Waals surface area contributed by atoms with Gasteiger partial charge in [-0.25, -0.2) is 4.98 Å². The Labute approximate surface area is 133 Å². The van der Waals surface area contributed by atoms with E-state index in [0.717, 1.165) is 35.5 Å². The van der Waals surface area contributed by atoms with Crippen LogP contribution < -0.4 is 10.1 Å². The average molecular weight is 315 g/mol. The van der Waals surface area contributed by atoms with Gasteiger partial charge < -0.3 is 10.1 Å². The number of nitriles is 1. The summed E-state index contributed by atoms with van der Waals surface area (Å²) in [6, 6.07) is 9.74. The van der Waals surface area contributed by atoms with Crippen molar-refractivity contribution in [3.63, 3.8) is 0 Å². The van der Waals surface area contributed by atoms with E-state index < -0.39 is 0 Å². The van der Waals surface area contributed by atoms with Gasteiger partial charge in [-0.2, -0.15) is 10.2 Å². The molecular formula is C16H15ClN4O. The molecule has 1 N–H and O–H groups in total. The van der Waals surface area contributed by atoms with Gasteiger partial charge in [-0.3, -0.25) is 0 Å². The van der Waals surface area contributed by atoms with Gasteiger partial charge in [0.25, 0.3) is 0 Å². The van der Waals surface area contributed by atoms with Crippen LogP contribution in [0.3, 0.4) is 0 Å². The third kappa shape index (κ3) is 3.12. The maximum Gasteiger partial charge on any atom is 0.234 e. The summed E-state index contributed by atoms with van der Waals surface area (Å²) in [5.41, 5.74) is 1.87. The van der Waals surface area contributed by atoms with Crippen LogP contribution in [0, 0.1) is 11.3 Å². The van der Waals surface area contributed by atoms with Crippen molar-refractivity contribution in [3.05, 3.63) is 46.4 Å². The summed E-state index contributed by atoms with van der Waals surface area (Å²) < 4.78 is 5.66. The largest absolute Gasteiger partial charge is 0.488 e. The Bertz CT molecular complexity index is 727. The molecule has 0 amide bonds. The molecule has 0 fully saturated rings. The molecule has 1 aliphatic heterocycles. The van der Waals surface area contributed by atoms with Crippen LogP contribution in [-0.2, 0) is 12.8 Å². The van der Waals surface area contributed by atoms with Gasteiger partial charge in [0, 0.05) is 11.6 Å². The first kappa shape index (κ1) is 14.6. The molecule has 0 saturated heterocycles. The van der Waals surface area contributed by atoms with Gasteiger partial charge in [-0.15, -0.1) is 0 Å². The number of hydrogen-bond donors (Lipinski definition) is 1. The lowest BCUT2D eigenvalue weighted by atomic mass is 10.1. The molecule has 2 heterocycles.